The Bertz CT molecular complexity index is 736. The fraction of sp³-hybridized carbons (Fsp3) is 0.267. The van der Waals surface area contributed by atoms with E-state index in [1.807, 2.05) is 0 Å². The van der Waals surface area contributed by atoms with Crippen LogP contribution < -0.4 is 15.0 Å². The van der Waals surface area contributed by atoms with Crippen LogP contribution >= 0.6 is 22.9 Å². The van der Waals surface area contributed by atoms with Crippen LogP contribution in [0.3, 0.4) is 0 Å². The molecule has 0 unspecified atom stereocenters. The predicted molar refractivity (Wildman–Crippen MR) is 89.2 cm³/mol. The third-order valence-electron chi connectivity index (χ3n) is 3.59. The first-order chi connectivity index (χ1) is 11.1. The standard InChI is InChI=1S/C15H14ClN3O3S/c1-22-12-3-2-10(16)7-11(12)19-8-9(6-13(19)20)14(21)18-15-17-4-5-23-15/h2-5,7,9H,6,8H2,1H3,(H,17,18,21)/t9-/m0/s1. The quantitative estimate of drug-likeness (QED) is 0.919. The Morgan fingerprint density at radius 2 is 2.35 bits per heavy atom. The molecule has 1 aromatic heterocycles. The summed E-state index contributed by atoms with van der Waals surface area (Å²) in [6, 6.07) is 5.06. The predicted octanol–water partition coefficient (Wildman–Crippen LogP) is 2.80. The molecule has 0 radical (unpaired) electrons. The molecule has 120 valence electrons. The monoisotopic (exact) mass is 351 g/mol. The number of carbonyl (C=O) groups is 2. The Kier molecular flexibility index (Phi) is 4.49. The molecule has 23 heavy (non-hydrogen) atoms. The van der Waals surface area contributed by atoms with Gasteiger partial charge in [-0.1, -0.05) is 11.6 Å². The van der Waals surface area contributed by atoms with E-state index in [0.717, 1.165) is 0 Å². The molecule has 6 nitrogen and oxygen atoms in total. The lowest BCUT2D eigenvalue weighted by Crippen LogP contribution is -2.28. The van der Waals surface area contributed by atoms with Crippen LogP contribution in [0.4, 0.5) is 10.8 Å². The molecular formula is C15H14ClN3O3S. The number of hydrogen-bond donors (Lipinski definition) is 1. The highest BCUT2D eigenvalue weighted by molar-refractivity contribution is 7.13. The number of halogens is 1. The maximum atomic E-state index is 12.3. The maximum Gasteiger partial charge on any atom is 0.231 e. The molecule has 1 aliphatic heterocycles. The zero-order valence-corrected chi connectivity index (χ0v) is 13.9. The number of aromatic nitrogens is 1. The lowest BCUT2D eigenvalue weighted by Gasteiger charge is -2.19. The number of hydrogen-bond acceptors (Lipinski definition) is 5. The maximum absolute atomic E-state index is 12.3. The van der Waals surface area contributed by atoms with E-state index in [1.165, 1.54) is 23.3 Å². The SMILES string of the molecule is COc1ccc(Cl)cc1N1C[C@@H](C(=O)Nc2nccs2)CC1=O. The number of methoxy groups -OCH3 is 1. The molecule has 1 aromatic carbocycles. The molecule has 1 N–H and O–H groups in total. The Hall–Kier alpha value is -2.12. The third kappa shape index (κ3) is 3.30. The zero-order chi connectivity index (χ0) is 16.4. The van der Waals surface area contributed by atoms with Crippen LogP contribution in [0.5, 0.6) is 5.75 Å². The van der Waals surface area contributed by atoms with Gasteiger partial charge in [0.25, 0.3) is 0 Å². The van der Waals surface area contributed by atoms with Crippen LogP contribution in [0, 0.1) is 5.92 Å². The molecule has 2 aromatic rings. The van der Waals surface area contributed by atoms with E-state index in [4.69, 9.17) is 16.3 Å². The van der Waals surface area contributed by atoms with Gasteiger partial charge in [-0.15, -0.1) is 11.3 Å². The summed E-state index contributed by atoms with van der Waals surface area (Å²) in [5, 5.41) is 5.54. The highest BCUT2D eigenvalue weighted by atomic mass is 35.5. The van der Waals surface area contributed by atoms with Crippen LogP contribution in [0.25, 0.3) is 0 Å². The van der Waals surface area contributed by atoms with Crippen molar-refractivity contribution in [1.82, 2.24) is 4.98 Å². The van der Waals surface area contributed by atoms with Gasteiger partial charge in [-0.3, -0.25) is 9.59 Å². The highest BCUT2D eigenvalue weighted by Crippen LogP contribution is 2.35. The van der Waals surface area contributed by atoms with Gasteiger partial charge < -0.3 is 15.0 Å². The summed E-state index contributed by atoms with van der Waals surface area (Å²) in [5.41, 5.74) is 0.578. The summed E-state index contributed by atoms with van der Waals surface area (Å²) in [7, 11) is 1.53. The van der Waals surface area contributed by atoms with Gasteiger partial charge in [0.1, 0.15) is 5.75 Å². The minimum atomic E-state index is -0.435. The molecule has 2 amide bonds. The van der Waals surface area contributed by atoms with Crippen molar-refractivity contribution in [3.05, 3.63) is 34.8 Å². The number of nitrogens with zero attached hydrogens (tertiary/aromatic N) is 2. The van der Waals surface area contributed by atoms with Crippen molar-refractivity contribution in [2.45, 2.75) is 6.42 Å². The van der Waals surface area contributed by atoms with Crippen molar-refractivity contribution < 1.29 is 14.3 Å². The molecule has 1 atom stereocenters. The number of ether oxygens (including phenoxy) is 1. The average molecular weight is 352 g/mol. The minimum absolute atomic E-state index is 0.134. The van der Waals surface area contributed by atoms with E-state index in [1.54, 1.807) is 29.8 Å². The van der Waals surface area contributed by atoms with Gasteiger partial charge in [0.15, 0.2) is 5.13 Å². The van der Waals surface area contributed by atoms with Crippen LogP contribution in [0.15, 0.2) is 29.8 Å². The number of benzene rings is 1. The first kappa shape index (κ1) is 15.8. The van der Waals surface area contributed by atoms with Crippen molar-refractivity contribution in [2.24, 2.45) is 5.92 Å². The minimum Gasteiger partial charge on any atom is -0.495 e. The number of carbonyl (C=O) groups excluding carboxylic acids is 2. The summed E-state index contributed by atoms with van der Waals surface area (Å²) in [5.74, 6) is -0.236. The third-order valence-corrected chi connectivity index (χ3v) is 4.51. The van der Waals surface area contributed by atoms with Crippen molar-refractivity contribution in [3.63, 3.8) is 0 Å². The largest absolute Gasteiger partial charge is 0.495 e. The summed E-state index contributed by atoms with van der Waals surface area (Å²) in [6.45, 7) is 0.284. The number of anilines is 2. The van der Waals surface area contributed by atoms with Gasteiger partial charge in [0, 0.05) is 29.6 Å². The molecule has 0 saturated carbocycles. The summed E-state index contributed by atoms with van der Waals surface area (Å²) < 4.78 is 5.28. The number of thiazole rings is 1. The van der Waals surface area contributed by atoms with Gasteiger partial charge in [0.2, 0.25) is 11.8 Å². The van der Waals surface area contributed by atoms with Crippen LogP contribution in [0.2, 0.25) is 5.02 Å². The van der Waals surface area contributed by atoms with Gasteiger partial charge in [0.05, 0.1) is 18.7 Å². The molecule has 0 aliphatic carbocycles. The van der Waals surface area contributed by atoms with Crippen LogP contribution in [0.1, 0.15) is 6.42 Å². The van der Waals surface area contributed by atoms with E-state index in [0.29, 0.717) is 21.6 Å². The first-order valence-electron chi connectivity index (χ1n) is 6.92. The Labute approximate surface area is 142 Å². The average Bonchev–Trinajstić information content (AvgIpc) is 3.16. The number of nitrogens with one attached hydrogen (secondary N) is 1. The molecule has 0 bridgehead atoms. The van der Waals surface area contributed by atoms with Crippen molar-refractivity contribution in [2.75, 3.05) is 23.9 Å². The van der Waals surface area contributed by atoms with E-state index >= 15 is 0 Å². The lowest BCUT2D eigenvalue weighted by molar-refractivity contribution is -0.122. The van der Waals surface area contributed by atoms with Crippen molar-refractivity contribution in [3.8, 4) is 5.75 Å². The molecule has 0 spiro atoms. The Morgan fingerprint density at radius 3 is 3.04 bits per heavy atom. The Morgan fingerprint density at radius 1 is 1.52 bits per heavy atom. The highest BCUT2D eigenvalue weighted by Gasteiger charge is 2.36. The van der Waals surface area contributed by atoms with E-state index < -0.39 is 5.92 Å². The topological polar surface area (TPSA) is 71.5 Å². The summed E-state index contributed by atoms with van der Waals surface area (Å²) in [4.78, 5) is 30.1. The number of rotatable bonds is 4. The Balaban J connectivity index is 1.77. The molecule has 3 rings (SSSR count). The smallest absolute Gasteiger partial charge is 0.231 e. The fourth-order valence-electron chi connectivity index (χ4n) is 2.48. The lowest BCUT2D eigenvalue weighted by atomic mass is 10.1. The molecule has 1 saturated heterocycles. The second kappa shape index (κ2) is 6.55. The van der Waals surface area contributed by atoms with Gasteiger partial charge in [-0.2, -0.15) is 0 Å². The first-order valence-corrected chi connectivity index (χ1v) is 8.18. The van der Waals surface area contributed by atoms with Crippen molar-refractivity contribution in [1.29, 1.82) is 0 Å². The molecule has 1 fully saturated rings. The molecular weight excluding hydrogens is 338 g/mol. The summed E-state index contributed by atoms with van der Waals surface area (Å²) >= 11 is 7.35. The van der Waals surface area contributed by atoms with E-state index in [9.17, 15) is 9.59 Å². The van der Waals surface area contributed by atoms with E-state index in [2.05, 4.69) is 10.3 Å². The number of amides is 2. The second-order valence-corrected chi connectivity index (χ2v) is 6.38. The summed E-state index contributed by atoms with van der Waals surface area (Å²) in [6.07, 6.45) is 1.76. The van der Waals surface area contributed by atoms with E-state index in [-0.39, 0.29) is 24.8 Å². The van der Waals surface area contributed by atoms with Crippen molar-refractivity contribution >= 4 is 45.6 Å². The van der Waals surface area contributed by atoms with Crippen LogP contribution in [-0.2, 0) is 9.59 Å². The normalized spacial score (nSPS) is 17.4. The van der Waals surface area contributed by atoms with Gasteiger partial charge >= 0.3 is 0 Å². The second-order valence-electron chi connectivity index (χ2n) is 5.05. The van der Waals surface area contributed by atoms with Crippen LogP contribution in [-0.4, -0.2) is 30.5 Å². The fourth-order valence-corrected chi connectivity index (χ4v) is 3.18. The van der Waals surface area contributed by atoms with Gasteiger partial charge in [-0.25, -0.2) is 4.98 Å². The molecule has 1 aliphatic rings. The van der Waals surface area contributed by atoms with Gasteiger partial charge in [-0.05, 0) is 18.2 Å². The molecule has 2 heterocycles. The molecule has 8 heteroatoms. The zero-order valence-electron chi connectivity index (χ0n) is 12.3.